The molecular weight excluding hydrogens is 506 g/mol. The Labute approximate surface area is 212 Å². The van der Waals surface area contributed by atoms with Gasteiger partial charge in [-0.2, -0.15) is 9.04 Å². The summed E-state index contributed by atoms with van der Waals surface area (Å²) in [6.45, 7) is 0.346. The Hall–Kier alpha value is -3.51. The first-order valence-electron chi connectivity index (χ1n) is 11.2. The maximum absolute atomic E-state index is 13.1. The fraction of sp³-hybridized carbons (Fsp3) is 0.208. The fourth-order valence-corrected chi connectivity index (χ4v) is 5.68. The number of fused-ring (bicyclic) bond motifs is 1. The number of aromatic nitrogens is 3. The van der Waals surface area contributed by atoms with Crippen LogP contribution < -0.4 is 4.73 Å². The van der Waals surface area contributed by atoms with Crippen molar-refractivity contribution in [2.75, 3.05) is 26.2 Å². The number of pyridine rings is 1. The van der Waals surface area contributed by atoms with Gasteiger partial charge in [0.15, 0.2) is 0 Å². The van der Waals surface area contributed by atoms with Gasteiger partial charge in [-0.1, -0.05) is 11.6 Å². The van der Waals surface area contributed by atoms with Crippen LogP contribution in [0, 0.1) is 5.21 Å². The van der Waals surface area contributed by atoms with Gasteiger partial charge in [0.2, 0.25) is 16.5 Å². The van der Waals surface area contributed by atoms with Crippen LogP contribution in [-0.2, 0) is 16.6 Å². The van der Waals surface area contributed by atoms with Gasteiger partial charge in [0.05, 0.1) is 11.0 Å². The summed E-state index contributed by atoms with van der Waals surface area (Å²) in [7, 11) is -3.86. The Bertz CT molecular complexity index is 1550. The second-order valence-corrected chi connectivity index (χ2v) is 10.6. The average Bonchev–Trinajstić information content (AvgIpc) is 3.33. The Morgan fingerprint density at radius 3 is 2.50 bits per heavy atom. The van der Waals surface area contributed by atoms with E-state index in [0.717, 1.165) is 0 Å². The van der Waals surface area contributed by atoms with Gasteiger partial charge in [-0.25, -0.2) is 13.4 Å². The number of carbonyl (C=O) groups is 1. The number of aromatic amines is 1. The molecule has 12 heteroatoms. The molecule has 4 aromatic rings. The van der Waals surface area contributed by atoms with Gasteiger partial charge in [0.1, 0.15) is 6.61 Å². The van der Waals surface area contributed by atoms with E-state index >= 15 is 0 Å². The van der Waals surface area contributed by atoms with Crippen LogP contribution in [0.5, 0.6) is 0 Å². The number of amides is 1. The zero-order valence-electron chi connectivity index (χ0n) is 19.0. The van der Waals surface area contributed by atoms with Crippen molar-refractivity contribution in [1.82, 2.24) is 19.2 Å². The topological polar surface area (TPSA) is 134 Å². The summed E-state index contributed by atoms with van der Waals surface area (Å²) in [5, 5.41) is 22.0. The largest absolute Gasteiger partial charge is 0.618 e. The molecule has 0 radical (unpaired) electrons. The number of nitrogens with zero attached hydrogens (tertiary/aromatic N) is 4. The number of aliphatic hydroxyl groups excluding tert-OH is 1. The van der Waals surface area contributed by atoms with E-state index in [1.807, 2.05) is 0 Å². The van der Waals surface area contributed by atoms with Crippen LogP contribution in [0.4, 0.5) is 0 Å². The fourth-order valence-electron chi connectivity index (χ4n) is 4.17. The summed E-state index contributed by atoms with van der Waals surface area (Å²) in [5.41, 5.74) is 2.67. The highest BCUT2D eigenvalue weighted by molar-refractivity contribution is 7.89. The molecule has 5 rings (SSSR count). The number of nitrogens with one attached hydrogen (secondary N) is 1. The van der Waals surface area contributed by atoms with Gasteiger partial charge in [-0.05, 0) is 48.5 Å². The standard InChI is InChI=1S/C24H22ClN5O5S/c25-18-8-9-20-21(14-18)27-24(26-20)36(34,35)29-12-10-28(11-13-29)23(32)17-6-4-16(5-7-17)22-3-1-2-19(15-31)30(22)33/h1-9,14,31H,10-13,15H2,(H,26,27). The van der Waals surface area contributed by atoms with Crippen LogP contribution in [-0.4, -0.2) is 64.8 Å². The Kier molecular flexibility index (Phi) is 6.39. The number of sulfonamides is 1. The molecule has 1 aliphatic rings. The normalized spacial score (nSPS) is 14.9. The van der Waals surface area contributed by atoms with Gasteiger partial charge in [0, 0.05) is 54.5 Å². The molecule has 1 fully saturated rings. The molecule has 36 heavy (non-hydrogen) atoms. The van der Waals surface area contributed by atoms with Gasteiger partial charge in [0.25, 0.3) is 15.9 Å². The average molecular weight is 528 g/mol. The first kappa shape index (κ1) is 24.2. The molecule has 0 bridgehead atoms. The van der Waals surface area contributed by atoms with E-state index in [-0.39, 0.29) is 49.5 Å². The van der Waals surface area contributed by atoms with Crippen molar-refractivity contribution in [1.29, 1.82) is 0 Å². The maximum atomic E-state index is 13.1. The quantitative estimate of drug-likeness (QED) is 0.302. The Morgan fingerprint density at radius 1 is 1.08 bits per heavy atom. The highest BCUT2D eigenvalue weighted by atomic mass is 35.5. The summed E-state index contributed by atoms with van der Waals surface area (Å²) >= 11 is 5.98. The third-order valence-corrected chi connectivity index (χ3v) is 8.11. The summed E-state index contributed by atoms with van der Waals surface area (Å²) in [5.74, 6) is -0.226. The van der Waals surface area contributed by atoms with Crippen molar-refractivity contribution < 1.29 is 23.0 Å². The van der Waals surface area contributed by atoms with Gasteiger partial charge >= 0.3 is 0 Å². The second kappa shape index (κ2) is 9.51. The molecule has 1 aliphatic heterocycles. The number of imidazole rings is 1. The van der Waals surface area contributed by atoms with Crippen LogP contribution in [0.25, 0.3) is 22.3 Å². The third-order valence-electron chi connectivity index (χ3n) is 6.14. The first-order valence-corrected chi connectivity index (χ1v) is 13.0. The van der Waals surface area contributed by atoms with Crippen LogP contribution in [0.2, 0.25) is 5.02 Å². The lowest BCUT2D eigenvalue weighted by Gasteiger charge is -2.33. The first-order chi connectivity index (χ1) is 17.3. The molecule has 2 aromatic heterocycles. The molecule has 0 atom stereocenters. The predicted octanol–water partition coefficient (Wildman–Crippen LogP) is 2.16. The van der Waals surface area contributed by atoms with Crippen molar-refractivity contribution in [2.24, 2.45) is 0 Å². The smallest absolute Gasteiger partial charge is 0.276 e. The number of piperazine rings is 1. The zero-order valence-corrected chi connectivity index (χ0v) is 20.5. The lowest BCUT2D eigenvalue weighted by Crippen LogP contribution is -2.50. The van der Waals surface area contributed by atoms with Gasteiger partial charge < -0.3 is 20.2 Å². The summed E-state index contributed by atoms with van der Waals surface area (Å²) in [4.78, 5) is 21.6. The number of benzene rings is 2. The summed E-state index contributed by atoms with van der Waals surface area (Å²) in [6, 6.07) is 16.4. The molecule has 0 unspecified atom stereocenters. The second-order valence-electron chi connectivity index (χ2n) is 8.33. The Morgan fingerprint density at radius 2 is 1.81 bits per heavy atom. The number of hydrogen-bond donors (Lipinski definition) is 2. The van der Waals surface area contributed by atoms with E-state index in [1.165, 1.54) is 10.4 Å². The minimum Gasteiger partial charge on any atom is -0.618 e. The molecule has 186 valence electrons. The highest BCUT2D eigenvalue weighted by Crippen LogP contribution is 2.23. The minimum absolute atomic E-state index is 0.133. The summed E-state index contributed by atoms with van der Waals surface area (Å²) < 4.78 is 28.1. The molecule has 1 amide bonds. The van der Waals surface area contributed by atoms with E-state index < -0.39 is 10.0 Å². The van der Waals surface area contributed by atoms with Gasteiger partial charge in [-0.15, -0.1) is 0 Å². The molecule has 2 aromatic carbocycles. The minimum atomic E-state index is -3.86. The lowest BCUT2D eigenvalue weighted by molar-refractivity contribution is -0.604. The number of carbonyl (C=O) groups excluding carboxylic acids is 1. The van der Waals surface area contributed by atoms with Crippen molar-refractivity contribution in [3.05, 3.63) is 82.2 Å². The van der Waals surface area contributed by atoms with Crippen LogP contribution in [0.15, 0.2) is 65.8 Å². The van der Waals surface area contributed by atoms with Crippen LogP contribution in [0.3, 0.4) is 0 Å². The van der Waals surface area contributed by atoms with Crippen molar-refractivity contribution >= 4 is 38.6 Å². The van der Waals surface area contributed by atoms with Gasteiger partial charge in [-0.3, -0.25) is 4.79 Å². The number of aliphatic hydroxyl groups is 1. The maximum Gasteiger partial charge on any atom is 0.276 e. The van der Waals surface area contributed by atoms with Crippen LogP contribution >= 0.6 is 11.6 Å². The van der Waals surface area contributed by atoms with E-state index in [9.17, 15) is 23.5 Å². The molecule has 0 spiro atoms. The predicted molar refractivity (Wildman–Crippen MR) is 133 cm³/mol. The molecule has 3 heterocycles. The van der Waals surface area contributed by atoms with E-state index in [1.54, 1.807) is 59.5 Å². The highest BCUT2D eigenvalue weighted by Gasteiger charge is 2.32. The molecule has 1 saturated heterocycles. The number of halogens is 1. The van der Waals surface area contributed by atoms with Crippen molar-refractivity contribution in [2.45, 2.75) is 11.8 Å². The molecule has 10 nitrogen and oxygen atoms in total. The van der Waals surface area contributed by atoms with Crippen molar-refractivity contribution in [3.8, 4) is 11.3 Å². The third kappa shape index (κ3) is 4.42. The van der Waals surface area contributed by atoms with E-state index in [2.05, 4.69) is 9.97 Å². The van der Waals surface area contributed by atoms with E-state index in [4.69, 9.17) is 11.6 Å². The molecule has 0 aliphatic carbocycles. The molecular formula is C24H22ClN5O5S. The molecule has 0 saturated carbocycles. The molecule has 2 N–H and O–H groups in total. The summed E-state index contributed by atoms with van der Waals surface area (Å²) in [6.07, 6.45) is 0. The van der Waals surface area contributed by atoms with Crippen LogP contribution in [0.1, 0.15) is 16.1 Å². The Balaban J connectivity index is 1.27. The van der Waals surface area contributed by atoms with E-state index in [0.29, 0.717) is 37.6 Å². The van der Waals surface area contributed by atoms with Crippen molar-refractivity contribution in [3.63, 3.8) is 0 Å². The lowest BCUT2D eigenvalue weighted by atomic mass is 10.1. The number of rotatable bonds is 5. The zero-order chi connectivity index (χ0) is 25.4. The number of H-pyrrole nitrogens is 1. The number of hydrogen-bond acceptors (Lipinski definition) is 6. The monoisotopic (exact) mass is 527 g/mol. The SMILES string of the molecule is O=C(c1ccc(-c2cccc(CO)[n+]2[O-])cc1)N1CCN(S(=O)(=O)c2nc3ccc(Cl)cc3[nH]2)CC1.